The lowest BCUT2D eigenvalue weighted by Crippen LogP contribution is -2.43. The van der Waals surface area contributed by atoms with Crippen molar-refractivity contribution >= 4 is 15.9 Å². The van der Waals surface area contributed by atoms with E-state index in [0.717, 1.165) is 6.42 Å². The Labute approximate surface area is 115 Å². The summed E-state index contributed by atoms with van der Waals surface area (Å²) in [5, 5.41) is 12.3. The van der Waals surface area contributed by atoms with Gasteiger partial charge < -0.3 is 10.4 Å². The van der Waals surface area contributed by atoms with Crippen LogP contribution in [-0.4, -0.2) is 55.7 Å². The number of rotatable bonds is 6. The smallest absolute Gasteiger partial charge is 0.223 e. The van der Waals surface area contributed by atoms with E-state index in [1.54, 1.807) is 0 Å². The fraction of sp³-hybridized carbons (Fsp3) is 0.917. The maximum atomic E-state index is 11.9. The lowest BCUT2D eigenvalue weighted by Gasteiger charge is -2.29. The van der Waals surface area contributed by atoms with E-state index in [2.05, 4.69) is 5.32 Å². The molecule has 1 atom stereocenters. The summed E-state index contributed by atoms with van der Waals surface area (Å²) in [5.41, 5.74) is 0. The van der Waals surface area contributed by atoms with E-state index < -0.39 is 16.1 Å². The summed E-state index contributed by atoms with van der Waals surface area (Å²) >= 11 is 0. The first-order valence-electron chi connectivity index (χ1n) is 6.75. The summed E-state index contributed by atoms with van der Waals surface area (Å²) < 4.78 is 24.1. The summed E-state index contributed by atoms with van der Waals surface area (Å²) in [5.74, 6) is -0.227. The van der Waals surface area contributed by atoms with Gasteiger partial charge in [-0.2, -0.15) is 0 Å². The average molecular weight is 292 g/mol. The van der Waals surface area contributed by atoms with Crippen molar-refractivity contribution in [2.75, 3.05) is 25.9 Å². The second-order valence-electron chi connectivity index (χ2n) is 5.12. The van der Waals surface area contributed by atoms with Gasteiger partial charge in [-0.25, -0.2) is 12.7 Å². The number of hydrogen-bond acceptors (Lipinski definition) is 4. The maximum Gasteiger partial charge on any atom is 0.223 e. The van der Waals surface area contributed by atoms with Gasteiger partial charge in [0.15, 0.2) is 0 Å². The van der Waals surface area contributed by atoms with Crippen LogP contribution in [0.15, 0.2) is 0 Å². The number of carbonyl (C=O) groups excluding carboxylic acids is 1. The normalized spacial score (nSPS) is 20.2. The second kappa shape index (κ2) is 7.21. The van der Waals surface area contributed by atoms with Gasteiger partial charge in [0.05, 0.1) is 12.4 Å². The molecule has 2 N–H and O–H groups in total. The third kappa shape index (κ3) is 5.46. The Morgan fingerprint density at radius 3 is 2.47 bits per heavy atom. The topological polar surface area (TPSA) is 86.7 Å². The number of sulfonamides is 1. The molecule has 7 heteroatoms. The van der Waals surface area contributed by atoms with Crippen molar-refractivity contribution in [2.24, 2.45) is 5.92 Å². The molecule has 0 aromatic heterocycles. The molecule has 1 aliphatic rings. The van der Waals surface area contributed by atoms with Crippen LogP contribution in [0, 0.1) is 5.92 Å². The Hall–Kier alpha value is -0.660. The third-order valence-corrected chi connectivity index (χ3v) is 4.73. The SMILES string of the molecule is CCCC(O)CNC(=O)C1CCN(S(C)(=O)=O)CC1. The summed E-state index contributed by atoms with van der Waals surface area (Å²) in [4.78, 5) is 11.9. The van der Waals surface area contributed by atoms with Crippen LogP contribution in [0.5, 0.6) is 0 Å². The van der Waals surface area contributed by atoms with Gasteiger partial charge in [-0.3, -0.25) is 4.79 Å². The lowest BCUT2D eigenvalue weighted by molar-refractivity contribution is -0.126. The van der Waals surface area contributed by atoms with E-state index in [9.17, 15) is 18.3 Å². The van der Waals surface area contributed by atoms with Gasteiger partial charge in [0.1, 0.15) is 0 Å². The number of nitrogens with zero attached hydrogens (tertiary/aromatic N) is 1. The molecule has 1 unspecified atom stereocenters. The molecular formula is C12H24N2O4S. The summed E-state index contributed by atoms with van der Waals surface area (Å²) in [6.07, 6.45) is 3.33. The molecule has 19 heavy (non-hydrogen) atoms. The fourth-order valence-corrected chi connectivity index (χ4v) is 3.12. The highest BCUT2D eigenvalue weighted by Gasteiger charge is 2.28. The standard InChI is InChI=1S/C12H24N2O4S/c1-3-4-11(15)9-13-12(16)10-5-7-14(8-6-10)19(2,17)18/h10-11,15H,3-9H2,1-2H3,(H,13,16). The average Bonchev–Trinajstić information content (AvgIpc) is 2.35. The van der Waals surface area contributed by atoms with E-state index in [4.69, 9.17) is 0 Å². The number of aliphatic hydroxyl groups excluding tert-OH is 1. The Kier molecular flexibility index (Phi) is 6.22. The minimum absolute atomic E-state index is 0.0803. The summed E-state index contributed by atoms with van der Waals surface area (Å²) in [6, 6.07) is 0. The lowest BCUT2D eigenvalue weighted by atomic mass is 9.97. The Balaban J connectivity index is 2.33. The molecule has 0 aliphatic carbocycles. The molecule has 0 spiro atoms. The first-order valence-corrected chi connectivity index (χ1v) is 8.60. The van der Waals surface area contributed by atoms with E-state index in [-0.39, 0.29) is 18.4 Å². The zero-order chi connectivity index (χ0) is 14.5. The van der Waals surface area contributed by atoms with Crippen LogP contribution in [0.3, 0.4) is 0 Å². The summed E-state index contributed by atoms with van der Waals surface area (Å²) in [6.45, 7) is 3.05. The number of amides is 1. The highest BCUT2D eigenvalue weighted by Crippen LogP contribution is 2.19. The van der Waals surface area contributed by atoms with Gasteiger partial charge in [-0.1, -0.05) is 13.3 Å². The summed E-state index contributed by atoms with van der Waals surface area (Å²) in [7, 11) is -3.15. The minimum Gasteiger partial charge on any atom is -0.391 e. The monoisotopic (exact) mass is 292 g/mol. The molecule has 1 heterocycles. The van der Waals surface area contributed by atoms with Gasteiger partial charge in [-0.15, -0.1) is 0 Å². The minimum atomic E-state index is -3.15. The van der Waals surface area contributed by atoms with Crippen LogP contribution in [0.1, 0.15) is 32.6 Å². The molecule has 0 saturated carbocycles. The highest BCUT2D eigenvalue weighted by atomic mass is 32.2. The third-order valence-electron chi connectivity index (χ3n) is 3.43. The molecule has 1 amide bonds. The van der Waals surface area contributed by atoms with Crippen LogP contribution in [0.25, 0.3) is 0 Å². The molecule has 0 bridgehead atoms. The molecule has 112 valence electrons. The Morgan fingerprint density at radius 1 is 1.42 bits per heavy atom. The van der Waals surface area contributed by atoms with E-state index in [0.29, 0.717) is 32.4 Å². The van der Waals surface area contributed by atoms with Crippen molar-refractivity contribution in [1.29, 1.82) is 0 Å². The van der Waals surface area contributed by atoms with Crippen molar-refractivity contribution in [3.8, 4) is 0 Å². The van der Waals surface area contributed by atoms with Gasteiger partial charge in [0, 0.05) is 25.6 Å². The van der Waals surface area contributed by atoms with Gasteiger partial charge in [-0.05, 0) is 19.3 Å². The van der Waals surface area contributed by atoms with Crippen LogP contribution in [0.4, 0.5) is 0 Å². The van der Waals surface area contributed by atoms with Gasteiger partial charge in [0.2, 0.25) is 15.9 Å². The number of aliphatic hydroxyl groups is 1. The van der Waals surface area contributed by atoms with Crippen LogP contribution < -0.4 is 5.32 Å². The van der Waals surface area contributed by atoms with Crippen molar-refractivity contribution in [3.05, 3.63) is 0 Å². The largest absolute Gasteiger partial charge is 0.391 e. The molecule has 0 aromatic rings. The first-order chi connectivity index (χ1) is 8.84. The van der Waals surface area contributed by atoms with E-state index in [1.165, 1.54) is 10.6 Å². The fourth-order valence-electron chi connectivity index (χ4n) is 2.25. The van der Waals surface area contributed by atoms with Crippen LogP contribution in [-0.2, 0) is 14.8 Å². The number of nitrogens with one attached hydrogen (secondary N) is 1. The van der Waals surface area contributed by atoms with Crippen molar-refractivity contribution in [2.45, 2.75) is 38.7 Å². The molecule has 0 aromatic carbocycles. The molecule has 0 radical (unpaired) electrons. The van der Waals surface area contributed by atoms with Gasteiger partial charge in [0.25, 0.3) is 0 Å². The number of carbonyl (C=O) groups is 1. The first kappa shape index (κ1) is 16.4. The quantitative estimate of drug-likeness (QED) is 0.718. The van der Waals surface area contributed by atoms with E-state index in [1.807, 2.05) is 6.92 Å². The van der Waals surface area contributed by atoms with Crippen molar-refractivity contribution in [3.63, 3.8) is 0 Å². The maximum absolute atomic E-state index is 11.9. The second-order valence-corrected chi connectivity index (χ2v) is 7.11. The predicted molar refractivity (Wildman–Crippen MR) is 73.1 cm³/mol. The van der Waals surface area contributed by atoms with Crippen LogP contribution in [0.2, 0.25) is 0 Å². The van der Waals surface area contributed by atoms with E-state index >= 15 is 0 Å². The predicted octanol–water partition coefficient (Wildman–Crippen LogP) is -0.0648. The highest BCUT2D eigenvalue weighted by molar-refractivity contribution is 7.88. The Morgan fingerprint density at radius 2 is 2.00 bits per heavy atom. The molecule has 1 aliphatic heterocycles. The molecule has 1 rings (SSSR count). The molecule has 1 saturated heterocycles. The zero-order valence-electron chi connectivity index (χ0n) is 11.6. The molecular weight excluding hydrogens is 268 g/mol. The zero-order valence-corrected chi connectivity index (χ0v) is 12.4. The number of hydrogen-bond donors (Lipinski definition) is 2. The number of piperidine rings is 1. The van der Waals surface area contributed by atoms with Crippen molar-refractivity contribution in [1.82, 2.24) is 9.62 Å². The Bertz CT molecular complexity index is 389. The van der Waals surface area contributed by atoms with Gasteiger partial charge >= 0.3 is 0 Å². The molecule has 1 fully saturated rings. The van der Waals surface area contributed by atoms with Crippen LogP contribution >= 0.6 is 0 Å². The molecule has 6 nitrogen and oxygen atoms in total. The van der Waals surface area contributed by atoms with Crippen molar-refractivity contribution < 1.29 is 18.3 Å².